The van der Waals surface area contributed by atoms with E-state index in [2.05, 4.69) is 9.99 Å². The van der Waals surface area contributed by atoms with Gasteiger partial charge in [0.25, 0.3) is 0 Å². The maximum atomic E-state index is 12.9. The van der Waals surface area contributed by atoms with Crippen LogP contribution in [0.15, 0.2) is 22.9 Å². The minimum absolute atomic E-state index is 0.368. The first-order valence-corrected chi connectivity index (χ1v) is 9.67. The number of alkyl halides is 3. The molecule has 1 fully saturated rings. The molecule has 11 heteroatoms. The van der Waals surface area contributed by atoms with Crippen molar-refractivity contribution >= 4 is 40.2 Å². The van der Waals surface area contributed by atoms with Crippen LogP contribution in [0.1, 0.15) is 25.6 Å². The lowest BCUT2D eigenvalue weighted by molar-refractivity contribution is -0.136. The van der Waals surface area contributed by atoms with E-state index in [1.807, 2.05) is 4.90 Å². The van der Waals surface area contributed by atoms with Gasteiger partial charge in [-0.1, -0.05) is 5.16 Å². The van der Waals surface area contributed by atoms with Gasteiger partial charge < -0.3 is 19.4 Å². The molecule has 29 heavy (non-hydrogen) atoms. The predicted molar refractivity (Wildman–Crippen MR) is 102 cm³/mol. The molecule has 2 aliphatic heterocycles. The van der Waals surface area contributed by atoms with Gasteiger partial charge in [0.1, 0.15) is 5.60 Å². The van der Waals surface area contributed by atoms with Gasteiger partial charge in [0.05, 0.1) is 10.6 Å². The summed E-state index contributed by atoms with van der Waals surface area (Å²) in [7, 11) is 0. The monoisotopic (exact) mass is 431 g/mol. The summed E-state index contributed by atoms with van der Waals surface area (Å²) in [5.74, 6) is -1.13. The van der Waals surface area contributed by atoms with E-state index in [4.69, 9.17) is 4.74 Å². The second-order valence-corrected chi connectivity index (χ2v) is 8.60. The van der Waals surface area contributed by atoms with Crippen LogP contribution >= 0.6 is 11.3 Å². The van der Waals surface area contributed by atoms with Crippen molar-refractivity contribution in [2.45, 2.75) is 32.5 Å². The highest BCUT2D eigenvalue weighted by Crippen LogP contribution is 2.32. The van der Waals surface area contributed by atoms with Crippen molar-refractivity contribution in [1.29, 1.82) is 0 Å². The van der Waals surface area contributed by atoms with Crippen LogP contribution in [0.25, 0.3) is 6.08 Å². The molecule has 0 saturated carbocycles. The second-order valence-electron chi connectivity index (χ2n) is 7.50. The summed E-state index contributed by atoms with van der Waals surface area (Å²) < 4.78 is 44.2. The fourth-order valence-electron chi connectivity index (χ4n) is 2.78. The van der Waals surface area contributed by atoms with Crippen LogP contribution in [0.3, 0.4) is 0 Å². The number of oxime groups is 1. The second kappa shape index (κ2) is 7.69. The van der Waals surface area contributed by atoms with Crippen LogP contribution in [-0.4, -0.2) is 60.6 Å². The largest absolute Gasteiger partial charge is 0.444 e. The maximum Gasteiger partial charge on any atom is 0.437 e. The molecule has 1 amide bonds. The summed E-state index contributed by atoms with van der Waals surface area (Å²) >= 11 is 1.25. The Kier molecular flexibility index (Phi) is 5.61. The van der Waals surface area contributed by atoms with Gasteiger partial charge in [-0.25, -0.2) is 9.59 Å². The molecule has 3 heterocycles. The number of piperazine rings is 1. The first kappa shape index (κ1) is 21.2. The van der Waals surface area contributed by atoms with Crippen molar-refractivity contribution in [2.75, 3.05) is 31.1 Å². The highest BCUT2D eigenvalue weighted by molar-refractivity contribution is 7.17. The molecular weight excluding hydrogens is 411 g/mol. The van der Waals surface area contributed by atoms with E-state index in [1.165, 1.54) is 11.3 Å². The highest BCUT2D eigenvalue weighted by Gasteiger charge is 2.45. The first-order chi connectivity index (χ1) is 13.4. The smallest absolute Gasteiger partial charge is 0.437 e. The summed E-state index contributed by atoms with van der Waals surface area (Å²) in [5, 5.41) is 3.66. The minimum Gasteiger partial charge on any atom is -0.444 e. The Morgan fingerprint density at radius 3 is 2.45 bits per heavy atom. The van der Waals surface area contributed by atoms with E-state index in [0.717, 1.165) is 11.1 Å². The molecule has 0 N–H and O–H groups in total. The van der Waals surface area contributed by atoms with Crippen molar-refractivity contribution in [1.82, 2.24) is 4.90 Å². The Bertz CT molecular complexity index is 862. The number of carbonyl (C=O) groups excluding carboxylic acids is 2. The molecule has 0 unspecified atom stereocenters. The molecule has 1 saturated heterocycles. The zero-order valence-corrected chi connectivity index (χ0v) is 16.9. The van der Waals surface area contributed by atoms with Crippen LogP contribution in [-0.2, 0) is 14.4 Å². The van der Waals surface area contributed by atoms with E-state index in [0.29, 0.717) is 31.1 Å². The third-order valence-corrected chi connectivity index (χ3v) is 5.20. The van der Waals surface area contributed by atoms with Gasteiger partial charge >= 0.3 is 18.2 Å². The van der Waals surface area contributed by atoms with Gasteiger partial charge in [0.2, 0.25) is 0 Å². The Balaban J connectivity index is 1.65. The molecule has 0 spiro atoms. The molecule has 158 valence electrons. The van der Waals surface area contributed by atoms with Gasteiger partial charge in [-0.2, -0.15) is 13.2 Å². The van der Waals surface area contributed by atoms with Crippen LogP contribution in [0.5, 0.6) is 0 Å². The molecule has 7 nitrogen and oxygen atoms in total. The Hall–Kier alpha value is -2.56. The maximum absolute atomic E-state index is 12.9. The quantitative estimate of drug-likeness (QED) is 0.528. The topological polar surface area (TPSA) is 71.4 Å². The molecule has 0 aromatic carbocycles. The lowest BCUT2D eigenvalue weighted by Gasteiger charge is -2.36. The number of ether oxygens (including phenoxy) is 1. The number of hydrogen-bond donors (Lipinski definition) is 0. The van der Waals surface area contributed by atoms with Crippen molar-refractivity contribution in [3.8, 4) is 0 Å². The number of carbonyl (C=O) groups is 2. The van der Waals surface area contributed by atoms with Gasteiger partial charge in [-0.05, 0) is 39.0 Å². The summed E-state index contributed by atoms with van der Waals surface area (Å²) in [4.78, 5) is 32.0. The fourth-order valence-corrected chi connectivity index (χ4v) is 3.78. The first-order valence-electron chi connectivity index (χ1n) is 8.85. The average molecular weight is 431 g/mol. The van der Waals surface area contributed by atoms with E-state index in [9.17, 15) is 22.8 Å². The van der Waals surface area contributed by atoms with Crippen molar-refractivity contribution in [3.63, 3.8) is 0 Å². The van der Waals surface area contributed by atoms with E-state index in [1.54, 1.807) is 37.8 Å². The summed E-state index contributed by atoms with van der Waals surface area (Å²) in [5.41, 5.74) is -2.51. The van der Waals surface area contributed by atoms with Crippen molar-refractivity contribution in [2.24, 2.45) is 5.16 Å². The van der Waals surface area contributed by atoms with Crippen LogP contribution < -0.4 is 4.90 Å². The molecule has 1 aromatic rings. The van der Waals surface area contributed by atoms with E-state index in [-0.39, 0.29) is 6.09 Å². The zero-order valence-electron chi connectivity index (χ0n) is 16.1. The van der Waals surface area contributed by atoms with Crippen molar-refractivity contribution in [3.05, 3.63) is 22.6 Å². The number of thiophene rings is 1. The lowest BCUT2D eigenvalue weighted by Crippen LogP contribution is -2.49. The Morgan fingerprint density at radius 1 is 1.21 bits per heavy atom. The molecule has 0 aliphatic carbocycles. The third kappa shape index (κ3) is 5.08. The standard InChI is InChI=1S/C18H20F3N3O4S/c1-17(2,3)27-16(26)24-8-6-23(7-9-24)13-5-4-11(29-13)10-12-14(18(19,20)21)22-28-15(12)25/h4-5,10H,6-9H2,1-3H3/b12-10+. The van der Waals surface area contributed by atoms with Gasteiger partial charge in [0.15, 0.2) is 5.71 Å². The van der Waals surface area contributed by atoms with Gasteiger partial charge in [-0.3, -0.25) is 0 Å². The number of rotatable bonds is 2. The Labute approximate surface area is 169 Å². The van der Waals surface area contributed by atoms with Crippen LogP contribution in [0.4, 0.5) is 23.0 Å². The summed E-state index contributed by atoms with van der Waals surface area (Å²) in [6.45, 7) is 7.48. The van der Waals surface area contributed by atoms with Gasteiger partial charge in [0, 0.05) is 31.1 Å². The molecule has 2 aliphatic rings. The number of hydrogen-bond acceptors (Lipinski definition) is 7. The minimum atomic E-state index is -4.77. The SMILES string of the molecule is CC(C)(C)OC(=O)N1CCN(c2ccc(/C=C3/C(=O)ON=C3C(F)(F)F)s2)CC1. The lowest BCUT2D eigenvalue weighted by atomic mass is 10.1. The fraction of sp³-hybridized carbons (Fsp3) is 0.500. The molecule has 0 bridgehead atoms. The molecule has 1 aromatic heterocycles. The number of anilines is 1. The van der Waals surface area contributed by atoms with Crippen LogP contribution in [0.2, 0.25) is 0 Å². The van der Waals surface area contributed by atoms with E-state index >= 15 is 0 Å². The molecular formula is C18H20F3N3O4S. The number of nitrogens with zero attached hydrogens (tertiary/aromatic N) is 3. The zero-order chi connectivity index (χ0) is 21.4. The summed E-state index contributed by atoms with van der Waals surface area (Å²) in [6.07, 6.45) is -4.00. The summed E-state index contributed by atoms with van der Waals surface area (Å²) in [6, 6.07) is 3.40. The number of halogens is 3. The molecule has 0 atom stereocenters. The van der Waals surface area contributed by atoms with E-state index < -0.39 is 29.0 Å². The normalized spacial score (nSPS) is 19.4. The van der Waals surface area contributed by atoms with Crippen LogP contribution in [0, 0.1) is 0 Å². The average Bonchev–Trinajstić information content (AvgIpc) is 3.21. The van der Waals surface area contributed by atoms with Gasteiger partial charge in [-0.15, -0.1) is 11.3 Å². The predicted octanol–water partition coefficient (Wildman–Crippen LogP) is 3.66. The Morgan fingerprint density at radius 2 is 1.86 bits per heavy atom. The molecule has 3 rings (SSSR count). The highest BCUT2D eigenvalue weighted by atomic mass is 32.1. The van der Waals surface area contributed by atoms with Crippen molar-refractivity contribution < 1.29 is 32.3 Å². The molecule has 0 radical (unpaired) electrons. The number of amides is 1. The third-order valence-electron chi connectivity index (χ3n) is 4.11.